The van der Waals surface area contributed by atoms with Crippen LogP contribution in [0, 0.1) is 20.2 Å². The number of aromatic carboxylic acids is 2. The average Bonchev–Trinajstić information content (AvgIpc) is 2.54. The summed E-state index contributed by atoms with van der Waals surface area (Å²) in [5, 5.41) is 58.5. The van der Waals surface area contributed by atoms with Crippen molar-refractivity contribution in [3.8, 4) is 11.5 Å². The molecule has 0 aromatic carbocycles. The molecule has 0 saturated carbocycles. The van der Waals surface area contributed by atoms with Crippen LogP contribution in [-0.4, -0.2) is 42.0 Å². The Hall–Kier alpha value is -3.92. The number of hydrogen-bond donors (Lipinski definition) is 2. The van der Waals surface area contributed by atoms with Gasteiger partial charge >= 0.3 is 11.4 Å². The van der Waals surface area contributed by atoms with Crippen molar-refractivity contribution in [2.45, 2.75) is 0 Å². The molecule has 0 bridgehead atoms. The Morgan fingerprint density at radius 2 is 1.07 bits per heavy atom. The van der Waals surface area contributed by atoms with Gasteiger partial charge in [-0.15, -0.1) is 0 Å². The molecule has 163 valence electrons. The fraction of sp³-hybridized carbons (Fsp3) is 0. The third-order valence-electron chi connectivity index (χ3n) is 2.54. The SMILES string of the molecule is O=C([O-])c1cc(O)c([N+](=O)[O-])cn1.O=C([O-])c1cc(O)c([N+](=O)[O-])cn1.[Cu].[OH3+].[OH3+]. The Kier molecular flexibility index (Phi) is 12.8. The van der Waals surface area contributed by atoms with Crippen LogP contribution in [0.1, 0.15) is 21.0 Å². The summed E-state index contributed by atoms with van der Waals surface area (Å²) in [6, 6.07) is 1.32. The van der Waals surface area contributed by atoms with Crippen LogP contribution in [-0.2, 0) is 28.0 Å². The summed E-state index contributed by atoms with van der Waals surface area (Å²) in [4.78, 5) is 45.3. The Labute approximate surface area is 169 Å². The molecule has 29 heavy (non-hydrogen) atoms. The summed E-state index contributed by atoms with van der Waals surface area (Å²) in [7, 11) is 0. The van der Waals surface area contributed by atoms with E-state index in [-0.39, 0.29) is 28.0 Å². The van der Waals surface area contributed by atoms with Crippen molar-refractivity contribution in [1.29, 1.82) is 0 Å². The molecule has 2 aromatic heterocycles. The van der Waals surface area contributed by atoms with Gasteiger partial charge in [-0.1, -0.05) is 0 Å². The monoisotopic (exact) mass is 467 g/mol. The van der Waals surface area contributed by atoms with Crippen LogP contribution in [0.5, 0.6) is 11.5 Å². The van der Waals surface area contributed by atoms with Crippen LogP contribution in [0.4, 0.5) is 11.4 Å². The van der Waals surface area contributed by atoms with Gasteiger partial charge in [0.15, 0.2) is 11.5 Å². The molecule has 16 nitrogen and oxygen atoms in total. The molecule has 0 aliphatic carbocycles. The quantitative estimate of drug-likeness (QED) is 0.189. The molecular weight excluding hydrogens is 456 g/mol. The molecule has 0 saturated heterocycles. The van der Waals surface area contributed by atoms with E-state index in [1.54, 1.807) is 0 Å². The second kappa shape index (κ2) is 12.5. The van der Waals surface area contributed by atoms with Crippen LogP contribution in [0.15, 0.2) is 24.5 Å². The van der Waals surface area contributed by atoms with Crippen molar-refractivity contribution in [1.82, 2.24) is 9.97 Å². The number of aromatic nitrogens is 2. The van der Waals surface area contributed by atoms with E-state index < -0.39 is 56.0 Å². The summed E-state index contributed by atoms with van der Waals surface area (Å²) in [5.74, 6) is -4.71. The molecule has 0 spiro atoms. The first-order valence-corrected chi connectivity index (χ1v) is 6.14. The van der Waals surface area contributed by atoms with Crippen LogP contribution >= 0.6 is 0 Å². The van der Waals surface area contributed by atoms with E-state index in [9.17, 15) is 40.0 Å². The maximum Gasteiger partial charge on any atom is 0.328 e. The van der Waals surface area contributed by atoms with Crippen LogP contribution in [0.3, 0.4) is 0 Å². The Bertz CT molecular complexity index is 833. The normalized spacial score (nSPS) is 8.55. The number of rotatable bonds is 4. The molecule has 0 fully saturated rings. The first kappa shape index (κ1) is 29.8. The van der Waals surface area contributed by atoms with Crippen molar-refractivity contribution in [2.24, 2.45) is 0 Å². The second-order valence-corrected chi connectivity index (χ2v) is 4.21. The number of hydrogen-bond acceptors (Lipinski definition) is 12. The molecule has 0 amide bonds. The molecule has 2 aromatic rings. The summed E-state index contributed by atoms with van der Waals surface area (Å²) < 4.78 is 0. The van der Waals surface area contributed by atoms with E-state index in [0.29, 0.717) is 24.5 Å². The standard InChI is InChI=1S/2C6H4N2O5.Cu.2H2O/c2*9-5-1-3(6(10)11)7-2-4(5)8(12)13;;;/h2*1-2H,(H,7,9)(H,10,11);;2*1H2. The number of carbonyl (C=O) groups excluding carboxylic acids is 2. The predicted molar refractivity (Wildman–Crippen MR) is 83.5 cm³/mol. The van der Waals surface area contributed by atoms with Crippen molar-refractivity contribution in [2.75, 3.05) is 0 Å². The minimum atomic E-state index is -1.61. The number of nitrogens with zero attached hydrogens (tertiary/aromatic N) is 4. The number of carbonyl (C=O) groups is 2. The Balaban J connectivity index is -0.000000422. The first-order valence-electron chi connectivity index (χ1n) is 6.14. The van der Waals surface area contributed by atoms with Crippen molar-refractivity contribution in [3.63, 3.8) is 0 Å². The van der Waals surface area contributed by atoms with E-state index in [2.05, 4.69) is 9.97 Å². The van der Waals surface area contributed by atoms with Gasteiger partial charge in [0.2, 0.25) is 0 Å². The van der Waals surface area contributed by atoms with E-state index in [0.717, 1.165) is 0 Å². The Morgan fingerprint density at radius 3 is 1.24 bits per heavy atom. The smallest absolute Gasteiger partial charge is 0.328 e. The zero-order valence-electron chi connectivity index (χ0n) is 13.7. The zero-order valence-corrected chi connectivity index (χ0v) is 14.7. The topological polar surface area (TPSA) is 299 Å². The molecule has 8 N–H and O–H groups in total. The summed E-state index contributed by atoms with van der Waals surface area (Å²) in [5.41, 5.74) is -2.40. The molecule has 0 aliphatic heterocycles. The van der Waals surface area contributed by atoms with Crippen LogP contribution in [0.2, 0.25) is 0 Å². The van der Waals surface area contributed by atoms with Crippen LogP contribution < -0.4 is 10.2 Å². The minimum absolute atomic E-state index is 0. The predicted octanol–water partition coefficient (Wildman–Crippen LogP) is -3.73. The average molecular weight is 468 g/mol. The molecule has 0 unspecified atom stereocenters. The Morgan fingerprint density at radius 1 is 0.793 bits per heavy atom. The maximum atomic E-state index is 10.2. The van der Waals surface area contributed by atoms with Gasteiger partial charge in [-0.25, -0.2) is 9.97 Å². The van der Waals surface area contributed by atoms with Gasteiger partial charge in [0.1, 0.15) is 12.4 Å². The molecule has 2 heterocycles. The van der Waals surface area contributed by atoms with Gasteiger partial charge in [0.25, 0.3) is 0 Å². The summed E-state index contributed by atoms with van der Waals surface area (Å²) >= 11 is 0. The first-order chi connectivity index (χ1) is 12.0. The number of aromatic hydroxyl groups is 2. The van der Waals surface area contributed by atoms with Crippen molar-refractivity contribution < 1.29 is 67.9 Å². The minimum Gasteiger partial charge on any atom is -0.543 e. The zero-order chi connectivity index (χ0) is 20.0. The van der Waals surface area contributed by atoms with Crippen LogP contribution in [0.25, 0.3) is 0 Å². The second-order valence-electron chi connectivity index (χ2n) is 4.21. The van der Waals surface area contributed by atoms with E-state index in [4.69, 9.17) is 10.2 Å². The van der Waals surface area contributed by atoms with Gasteiger partial charge in [0.05, 0.1) is 33.2 Å². The fourth-order valence-electron chi connectivity index (χ4n) is 1.38. The molecule has 17 heteroatoms. The molecule has 2 rings (SSSR count). The third-order valence-corrected chi connectivity index (χ3v) is 2.54. The number of carboxylic acid groups (broad SMARTS) is 2. The van der Waals surface area contributed by atoms with Gasteiger partial charge in [0, 0.05) is 29.2 Å². The third kappa shape index (κ3) is 8.10. The number of nitro groups is 2. The molecular formula is C12H12CuN4O12. The number of carboxylic acids is 2. The molecule has 0 atom stereocenters. The summed E-state index contributed by atoms with van der Waals surface area (Å²) in [6.45, 7) is 0. The van der Waals surface area contributed by atoms with E-state index >= 15 is 0 Å². The van der Waals surface area contributed by atoms with E-state index in [1.165, 1.54) is 0 Å². The maximum absolute atomic E-state index is 10.2. The van der Waals surface area contributed by atoms with Crippen molar-refractivity contribution >= 4 is 23.3 Å². The largest absolute Gasteiger partial charge is 0.543 e. The number of pyridine rings is 2. The summed E-state index contributed by atoms with van der Waals surface area (Å²) in [6.07, 6.45) is 1.31. The van der Waals surface area contributed by atoms with Gasteiger partial charge in [-0.3, -0.25) is 20.2 Å². The van der Waals surface area contributed by atoms with Gasteiger partial charge in [-0.2, -0.15) is 0 Å². The van der Waals surface area contributed by atoms with E-state index in [1.807, 2.05) is 0 Å². The molecule has 0 aliphatic rings. The van der Waals surface area contributed by atoms with Gasteiger partial charge in [-0.05, 0) is 0 Å². The van der Waals surface area contributed by atoms with Crippen molar-refractivity contribution in [3.05, 3.63) is 56.1 Å². The fourth-order valence-corrected chi connectivity index (χ4v) is 1.38. The molecule has 1 radical (unpaired) electrons. The van der Waals surface area contributed by atoms with Gasteiger partial charge < -0.3 is 41.0 Å².